The second kappa shape index (κ2) is 7.92. The number of nitrogens with zero attached hydrogens (tertiary/aromatic N) is 1. The van der Waals surface area contributed by atoms with Crippen LogP contribution in [0.5, 0.6) is 5.75 Å². The number of rotatable bonds is 7. The average molecular weight is 348 g/mol. The van der Waals surface area contributed by atoms with Crippen LogP contribution in [0, 0.1) is 5.92 Å². The summed E-state index contributed by atoms with van der Waals surface area (Å²) in [6, 6.07) is 6.45. The van der Waals surface area contributed by atoms with Gasteiger partial charge >= 0.3 is 5.97 Å². The number of amides is 1. The lowest BCUT2D eigenvalue weighted by Gasteiger charge is -2.19. The minimum absolute atomic E-state index is 0.152. The fourth-order valence-electron chi connectivity index (χ4n) is 2.14. The van der Waals surface area contributed by atoms with Gasteiger partial charge in [0.05, 0.1) is 13.3 Å². The van der Waals surface area contributed by atoms with Gasteiger partial charge in [0.1, 0.15) is 21.7 Å². The summed E-state index contributed by atoms with van der Waals surface area (Å²) in [6.45, 7) is 3.69. The largest absolute Gasteiger partial charge is 0.497 e. The van der Waals surface area contributed by atoms with Crippen molar-refractivity contribution in [2.45, 2.75) is 26.3 Å². The average Bonchev–Trinajstić information content (AvgIpc) is 3.08. The Kier molecular flexibility index (Phi) is 5.92. The summed E-state index contributed by atoms with van der Waals surface area (Å²) >= 11 is 1.22. The van der Waals surface area contributed by atoms with Gasteiger partial charge in [0.25, 0.3) is 5.91 Å². The van der Waals surface area contributed by atoms with Gasteiger partial charge < -0.3 is 15.2 Å². The Labute approximate surface area is 144 Å². The number of ether oxygens (including phenoxy) is 1. The number of carboxylic acid groups (broad SMARTS) is 1. The van der Waals surface area contributed by atoms with Crippen molar-refractivity contribution in [2.75, 3.05) is 7.11 Å². The first-order valence-electron chi connectivity index (χ1n) is 7.60. The molecule has 2 rings (SSSR count). The van der Waals surface area contributed by atoms with Crippen molar-refractivity contribution in [1.29, 1.82) is 0 Å². The Hall–Kier alpha value is -2.41. The molecule has 0 bridgehead atoms. The molecule has 0 unspecified atom stereocenters. The van der Waals surface area contributed by atoms with Gasteiger partial charge in [0, 0.05) is 5.56 Å². The number of carbonyl (C=O) groups excluding carboxylic acids is 1. The van der Waals surface area contributed by atoms with E-state index in [2.05, 4.69) is 10.3 Å². The normalized spacial score (nSPS) is 13.1. The topological polar surface area (TPSA) is 88.5 Å². The van der Waals surface area contributed by atoms with Crippen molar-refractivity contribution in [1.82, 2.24) is 10.3 Å². The number of carboxylic acids is 1. The van der Waals surface area contributed by atoms with Crippen molar-refractivity contribution >= 4 is 23.2 Å². The van der Waals surface area contributed by atoms with Gasteiger partial charge in [-0.05, 0) is 30.2 Å². The number of hydrogen-bond donors (Lipinski definition) is 2. The standard InChI is InChI=1S/C17H20N2O4S/c1-4-10(2)14(17(21)22)19-15(20)13-9-18-16(24-13)11-5-7-12(23-3)8-6-11/h5-10,14H,4H2,1-3H3,(H,19,20)(H,21,22)/t10-,14-/m0/s1. The molecule has 24 heavy (non-hydrogen) atoms. The predicted molar refractivity (Wildman–Crippen MR) is 92.4 cm³/mol. The minimum Gasteiger partial charge on any atom is -0.497 e. The molecule has 1 amide bonds. The summed E-state index contributed by atoms with van der Waals surface area (Å²) in [7, 11) is 1.59. The van der Waals surface area contributed by atoms with Crippen LogP contribution in [-0.4, -0.2) is 35.1 Å². The lowest BCUT2D eigenvalue weighted by molar-refractivity contribution is -0.140. The van der Waals surface area contributed by atoms with E-state index in [1.165, 1.54) is 17.5 Å². The molecule has 7 heteroatoms. The molecule has 0 saturated carbocycles. The summed E-state index contributed by atoms with van der Waals surface area (Å²) in [5.41, 5.74) is 0.872. The van der Waals surface area contributed by atoms with Crippen LogP contribution in [0.15, 0.2) is 30.5 Å². The molecule has 1 aromatic carbocycles. The zero-order chi connectivity index (χ0) is 17.7. The SMILES string of the molecule is CC[C@H](C)[C@H](NC(=O)c1cnc(-c2ccc(OC)cc2)s1)C(=O)O. The van der Waals surface area contributed by atoms with Gasteiger partial charge in [0.2, 0.25) is 0 Å². The van der Waals surface area contributed by atoms with Crippen molar-refractivity contribution in [3.8, 4) is 16.3 Å². The summed E-state index contributed by atoms with van der Waals surface area (Å²) in [5, 5.41) is 12.5. The molecule has 2 atom stereocenters. The number of nitrogens with one attached hydrogen (secondary N) is 1. The van der Waals surface area contributed by atoms with E-state index in [-0.39, 0.29) is 5.92 Å². The minimum atomic E-state index is -1.03. The number of thiazole rings is 1. The van der Waals surface area contributed by atoms with E-state index in [1.54, 1.807) is 14.0 Å². The Morgan fingerprint density at radius 1 is 1.33 bits per heavy atom. The maximum absolute atomic E-state index is 12.3. The highest BCUT2D eigenvalue weighted by atomic mass is 32.1. The number of aromatic nitrogens is 1. The van der Waals surface area contributed by atoms with Gasteiger partial charge in [-0.2, -0.15) is 0 Å². The van der Waals surface area contributed by atoms with E-state index >= 15 is 0 Å². The molecule has 0 aliphatic carbocycles. The van der Waals surface area contributed by atoms with E-state index < -0.39 is 17.9 Å². The number of carbonyl (C=O) groups is 2. The molecule has 1 aromatic heterocycles. The van der Waals surface area contributed by atoms with Crippen LogP contribution in [-0.2, 0) is 4.79 Å². The van der Waals surface area contributed by atoms with E-state index in [9.17, 15) is 14.7 Å². The molecule has 1 heterocycles. The molecule has 2 N–H and O–H groups in total. The van der Waals surface area contributed by atoms with E-state index in [0.717, 1.165) is 11.3 Å². The monoisotopic (exact) mass is 348 g/mol. The van der Waals surface area contributed by atoms with Gasteiger partial charge in [-0.1, -0.05) is 20.3 Å². The number of hydrogen-bond acceptors (Lipinski definition) is 5. The first-order valence-corrected chi connectivity index (χ1v) is 8.41. The number of benzene rings is 1. The molecule has 0 aliphatic heterocycles. The van der Waals surface area contributed by atoms with Gasteiger partial charge in [-0.15, -0.1) is 11.3 Å². The molecular formula is C17H20N2O4S. The smallest absolute Gasteiger partial charge is 0.326 e. The molecular weight excluding hydrogens is 328 g/mol. The molecule has 6 nitrogen and oxygen atoms in total. The van der Waals surface area contributed by atoms with E-state index in [1.807, 2.05) is 31.2 Å². The zero-order valence-corrected chi connectivity index (χ0v) is 14.6. The number of aliphatic carboxylic acids is 1. The molecule has 0 spiro atoms. The Morgan fingerprint density at radius 3 is 2.54 bits per heavy atom. The zero-order valence-electron chi connectivity index (χ0n) is 13.8. The lowest BCUT2D eigenvalue weighted by Crippen LogP contribution is -2.44. The molecule has 0 saturated heterocycles. The van der Waals surface area contributed by atoms with Crippen molar-refractivity contribution in [3.05, 3.63) is 35.3 Å². The third-order valence-corrected chi connectivity index (χ3v) is 4.88. The summed E-state index contributed by atoms with van der Waals surface area (Å²) in [4.78, 5) is 28.3. The van der Waals surface area contributed by atoms with Crippen LogP contribution >= 0.6 is 11.3 Å². The highest BCUT2D eigenvalue weighted by molar-refractivity contribution is 7.16. The predicted octanol–water partition coefficient (Wildman–Crippen LogP) is 3.05. The van der Waals surface area contributed by atoms with Crippen LogP contribution in [0.3, 0.4) is 0 Å². The third kappa shape index (κ3) is 4.11. The highest BCUT2D eigenvalue weighted by Gasteiger charge is 2.26. The van der Waals surface area contributed by atoms with E-state index in [0.29, 0.717) is 16.3 Å². The second-order valence-corrected chi connectivity index (χ2v) is 6.46. The molecule has 2 aromatic rings. The molecule has 0 radical (unpaired) electrons. The van der Waals surface area contributed by atoms with Gasteiger partial charge in [0.15, 0.2) is 0 Å². The van der Waals surface area contributed by atoms with Crippen LogP contribution in [0.25, 0.3) is 10.6 Å². The van der Waals surface area contributed by atoms with Crippen LogP contribution in [0.4, 0.5) is 0 Å². The fraction of sp³-hybridized carbons (Fsp3) is 0.353. The highest BCUT2D eigenvalue weighted by Crippen LogP contribution is 2.27. The van der Waals surface area contributed by atoms with Gasteiger partial charge in [-0.3, -0.25) is 4.79 Å². The quantitative estimate of drug-likeness (QED) is 0.803. The summed E-state index contributed by atoms with van der Waals surface area (Å²) in [6.07, 6.45) is 2.13. The van der Waals surface area contributed by atoms with Crippen molar-refractivity contribution in [2.24, 2.45) is 5.92 Å². The van der Waals surface area contributed by atoms with E-state index in [4.69, 9.17) is 4.74 Å². The van der Waals surface area contributed by atoms with Gasteiger partial charge in [-0.25, -0.2) is 9.78 Å². The summed E-state index contributed by atoms with van der Waals surface area (Å²) < 4.78 is 5.11. The maximum atomic E-state index is 12.3. The Balaban J connectivity index is 2.13. The molecule has 0 fully saturated rings. The van der Waals surface area contributed by atoms with Crippen molar-refractivity contribution < 1.29 is 19.4 Å². The van der Waals surface area contributed by atoms with Crippen LogP contribution < -0.4 is 10.1 Å². The first kappa shape index (κ1) is 17.9. The third-order valence-electron chi connectivity index (χ3n) is 3.83. The fourth-order valence-corrected chi connectivity index (χ4v) is 2.97. The first-order chi connectivity index (χ1) is 11.5. The second-order valence-electron chi connectivity index (χ2n) is 5.43. The lowest BCUT2D eigenvalue weighted by atomic mass is 9.99. The van der Waals surface area contributed by atoms with Crippen LogP contribution in [0.2, 0.25) is 0 Å². The Morgan fingerprint density at radius 2 is 2.00 bits per heavy atom. The number of methoxy groups -OCH3 is 1. The van der Waals surface area contributed by atoms with Crippen LogP contribution in [0.1, 0.15) is 29.9 Å². The van der Waals surface area contributed by atoms with Crippen molar-refractivity contribution in [3.63, 3.8) is 0 Å². The molecule has 0 aliphatic rings. The summed E-state index contributed by atoms with van der Waals surface area (Å²) in [5.74, 6) is -0.857. The maximum Gasteiger partial charge on any atom is 0.326 e. The molecule has 128 valence electrons. The Bertz CT molecular complexity index is 712.